The van der Waals surface area contributed by atoms with Gasteiger partial charge in [-0.3, -0.25) is 48.7 Å². The maximum Gasteiger partial charge on any atom is 0.219 e. The van der Waals surface area contributed by atoms with Crippen LogP contribution in [0.3, 0.4) is 0 Å². The van der Waals surface area contributed by atoms with Gasteiger partial charge in [-0.25, -0.2) is 8.42 Å². The molecule has 0 atom stereocenters. The first-order chi connectivity index (χ1) is 43.1. The van der Waals surface area contributed by atoms with Crippen molar-refractivity contribution in [2.45, 2.75) is 128 Å². The molecule has 5 aliphatic rings. The van der Waals surface area contributed by atoms with Gasteiger partial charge < -0.3 is 80.7 Å². The molecule has 546 valence electrons. The first-order valence-electron chi connectivity index (χ1n) is 31.9. The van der Waals surface area contributed by atoms with Crippen LogP contribution in [-0.2, 0) is 57.6 Å². The minimum Gasteiger partial charge on any atom is -0.388 e. The van der Waals surface area contributed by atoms with Gasteiger partial charge >= 0.3 is 0 Å². The number of hydrogen-bond donors (Lipinski definition) is 5. The summed E-state index contributed by atoms with van der Waals surface area (Å²) in [7, 11) is 16.7. The Labute approximate surface area is 559 Å². The van der Waals surface area contributed by atoms with Gasteiger partial charge in [0.2, 0.25) is 35.4 Å². The molecule has 0 aliphatic carbocycles. The summed E-state index contributed by atoms with van der Waals surface area (Å²) in [5.41, 5.74) is 11.5. The van der Waals surface area contributed by atoms with Gasteiger partial charge in [-0.1, -0.05) is 6.92 Å². The molecule has 92 heavy (non-hydrogen) atoms. The lowest BCUT2D eigenvalue weighted by atomic mass is 10.1. The van der Waals surface area contributed by atoms with Crippen LogP contribution in [0.25, 0.3) is 0 Å². The fourth-order valence-electron chi connectivity index (χ4n) is 6.15. The maximum atomic E-state index is 10.7. The summed E-state index contributed by atoms with van der Waals surface area (Å²) in [5, 5.41) is 8.81. The number of amidine groups is 3. The van der Waals surface area contributed by atoms with E-state index in [1.54, 1.807) is 77.9 Å². The third-order valence-electron chi connectivity index (χ3n) is 12.6. The average Bonchev–Trinajstić information content (AvgIpc) is 4.49. The number of rotatable bonds is 17. The molecule has 0 spiro atoms. The van der Waals surface area contributed by atoms with E-state index in [-0.39, 0.29) is 47.7 Å². The fourth-order valence-corrected chi connectivity index (χ4v) is 6.75. The monoisotopic (exact) mass is 1340 g/mol. The number of nitrogens with two attached hydrogens (primary N) is 2. The highest BCUT2D eigenvalue weighted by Crippen LogP contribution is 2.08. The van der Waals surface area contributed by atoms with Crippen LogP contribution < -0.4 is 27.4 Å². The molecular formula is C63H136N16O12S. The summed E-state index contributed by atoms with van der Waals surface area (Å²) in [5.74, 6) is 3.32. The summed E-state index contributed by atoms with van der Waals surface area (Å²) < 4.78 is 40.6. The third-order valence-corrected chi connectivity index (χ3v) is 13.5. The predicted molar refractivity (Wildman–Crippen MR) is 381 cm³/mol. The Bertz CT molecular complexity index is 1980. The number of likely N-dealkylation sites (N-methyl/N-ethyl adjacent to an activating group) is 5. The Hall–Kier alpha value is -5.43. The Morgan fingerprint density at radius 2 is 1.13 bits per heavy atom. The highest BCUT2D eigenvalue weighted by Gasteiger charge is 2.11. The highest BCUT2D eigenvalue weighted by molar-refractivity contribution is 7.90. The lowest BCUT2D eigenvalue weighted by Crippen LogP contribution is -2.33. The SMILES string of the molecule is CC(=O)N(C)CCN(C)C.CC(=O)N(C)CCS(C)(=O)=O.CC(=O)N1CCCCC1.CC1=NCCC1.CC1=NCCN1.CCCN.CCN=C(C)N.CN1CCOCC1.CN=C1CCCN1.COCCN(C)C(C)=O.COCCN(C)C(C)=O.COCCNC(C)=O. The van der Waals surface area contributed by atoms with Crippen LogP contribution in [0.2, 0.25) is 0 Å². The smallest absolute Gasteiger partial charge is 0.219 e. The van der Waals surface area contributed by atoms with E-state index in [4.69, 9.17) is 25.7 Å². The summed E-state index contributed by atoms with van der Waals surface area (Å²) in [6.07, 6.45) is 10.9. The normalized spacial score (nSPS) is 14.6. The lowest BCUT2D eigenvalue weighted by molar-refractivity contribution is -0.130. The topological polar surface area (TPSA) is 334 Å². The van der Waals surface area contributed by atoms with E-state index in [2.05, 4.69) is 71.4 Å². The molecule has 0 bridgehead atoms. The molecule has 5 heterocycles. The second kappa shape index (κ2) is 71.4. The molecule has 29 heteroatoms. The first kappa shape index (κ1) is 100. The quantitative estimate of drug-likeness (QED) is 0.0794. The number of piperidine rings is 1. The Kier molecular flexibility index (Phi) is 77.7. The lowest BCUT2D eigenvalue weighted by Gasteiger charge is -2.24. The summed E-state index contributed by atoms with van der Waals surface area (Å²) >= 11 is 0. The largest absolute Gasteiger partial charge is 0.388 e. The number of morpholine rings is 1. The molecule has 5 rings (SSSR count). The Morgan fingerprint density at radius 3 is 1.36 bits per heavy atom. The van der Waals surface area contributed by atoms with Gasteiger partial charge in [0.15, 0.2) is 0 Å². The molecule has 0 radical (unpaired) electrons. The van der Waals surface area contributed by atoms with E-state index in [0.717, 1.165) is 117 Å². The van der Waals surface area contributed by atoms with E-state index in [1.807, 2.05) is 46.9 Å². The molecule has 5 aliphatic heterocycles. The number of hydrogen-bond acceptors (Lipinski definition) is 20. The van der Waals surface area contributed by atoms with Crippen LogP contribution >= 0.6 is 0 Å². The first-order valence-corrected chi connectivity index (χ1v) is 34.0. The summed E-state index contributed by atoms with van der Waals surface area (Å²) in [6.45, 7) is 36.6. The van der Waals surface area contributed by atoms with E-state index >= 15 is 0 Å². The number of nitrogens with zero attached hydrogens (tertiary/aromatic N) is 11. The van der Waals surface area contributed by atoms with Crippen LogP contribution in [-0.4, -0.2) is 329 Å². The van der Waals surface area contributed by atoms with E-state index in [9.17, 15) is 37.2 Å². The van der Waals surface area contributed by atoms with Crippen LogP contribution in [0.5, 0.6) is 0 Å². The molecule has 0 aromatic carbocycles. The van der Waals surface area contributed by atoms with E-state index < -0.39 is 9.84 Å². The number of amides is 6. The number of carbonyl (C=O) groups excluding carboxylic acids is 6. The molecule has 3 saturated heterocycles. The average molecular weight is 1340 g/mol. The van der Waals surface area contributed by atoms with Gasteiger partial charge in [0.05, 0.1) is 62.8 Å². The Balaban J connectivity index is -0.000000172. The second-order valence-electron chi connectivity index (χ2n) is 21.9. The van der Waals surface area contributed by atoms with Crippen molar-refractivity contribution in [1.29, 1.82) is 0 Å². The van der Waals surface area contributed by atoms with Crippen molar-refractivity contribution in [3.05, 3.63) is 0 Å². The van der Waals surface area contributed by atoms with Gasteiger partial charge in [-0.2, -0.15) is 0 Å². The molecule has 7 N–H and O–H groups in total. The third kappa shape index (κ3) is 88.8. The van der Waals surface area contributed by atoms with Crippen molar-refractivity contribution in [1.82, 2.24) is 50.2 Å². The zero-order valence-corrected chi connectivity index (χ0v) is 62.9. The standard InChI is InChI=1S/C7H16N2O.C7H13NO.C6H13NO3S.2C6H13NO2.C5H10N2.C5H11NO2.C5H11NO.C5H9N.C4H8N2.C4H10N2.C3H9N/c1-7(10)9(4)6-5-8(2)3;1-7(9)8-5-3-2-4-6-8;1-6(8)7(2)4-5-11(3,9)10;2*1-6(8)7(2)4-5-9-3;1-6-5-3-2-4-7-5;1-5(7)6-3-4-8-2;1-6-2-4-7-5-3-6;1-5-3-2-4-6-5;1-4-5-2-3-6-4;1-3-6-4(2)5;1-2-3-4/h5-6H2,1-4H3;2-6H2,1H3;4-5H2,1-3H3;2*4-5H2,1-3H3;2-4H2,1H3,(H,6,7);3-4H2,1-2H3,(H,6,7);2-5H2,1H3;2-4H2,1H3;2-3H2,1H3,(H,5,6);3H2,1-2H3,(H2,5,6);2-4H2,1H3. The number of sulfone groups is 1. The summed E-state index contributed by atoms with van der Waals surface area (Å²) in [6, 6.07) is 0. The number of methoxy groups -OCH3 is 3. The summed E-state index contributed by atoms with van der Waals surface area (Å²) in [4.78, 5) is 91.7. The molecular weight excluding hydrogens is 1200 g/mol. The minimum atomic E-state index is -2.95. The van der Waals surface area contributed by atoms with Crippen molar-refractivity contribution in [3.63, 3.8) is 0 Å². The second-order valence-corrected chi connectivity index (χ2v) is 24.1. The number of aliphatic imine (C=N–C) groups is 4. The van der Waals surface area contributed by atoms with Crippen molar-refractivity contribution >= 4 is 68.5 Å². The molecule has 0 aromatic heterocycles. The van der Waals surface area contributed by atoms with Crippen LogP contribution in [0, 0.1) is 0 Å². The molecule has 28 nitrogen and oxygen atoms in total. The Morgan fingerprint density at radius 1 is 0.652 bits per heavy atom. The van der Waals surface area contributed by atoms with Crippen LogP contribution in [0.15, 0.2) is 20.0 Å². The van der Waals surface area contributed by atoms with E-state index in [1.165, 1.54) is 82.7 Å². The number of carbonyl (C=O) groups is 6. The maximum absolute atomic E-state index is 10.7. The molecule has 0 aromatic rings. The number of nitrogens with one attached hydrogen (secondary N) is 3. The zero-order valence-electron chi connectivity index (χ0n) is 62.1. The van der Waals surface area contributed by atoms with Gasteiger partial charge in [0.1, 0.15) is 9.84 Å². The molecule has 0 unspecified atom stereocenters. The van der Waals surface area contributed by atoms with Gasteiger partial charge in [-0.15, -0.1) is 0 Å². The molecule has 6 amide bonds. The fraction of sp³-hybridized carbons (Fsp3) is 0.841. The van der Waals surface area contributed by atoms with Crippen LogP contribution in [0.1, 0.15) is 128 Å². The van der Waals surface area contributed by atoms with E-state index in [0.29, 0.717) is 45.3 Å². The molecule has 0 saturated carbocycles. The minimum absolute atomic E-state index is 0.0120. The van der Waals surface area contributed by atoms with Crippen molar-refractivity contribution in [3.8, 4) is 0 Å². The van der Waals surface area contributed by atoms with Gasteiger partial charge in [0.25, 0.3) is 0 Å². The van der Waals surface area contributed by atoms with Crippen LogP contribution in [0.4, 0.5) is 0 Å². The van der Waals surface area contributed by atoms with Crippen molar-refractivity contribution in [2.24, 2.45) is 31.4 Å². The van der Waals surface area contributed by atoms with Crippen molar-refractivity contribution in [2.75, 3.05) is 227 Å². The van der Waals surface area contributed by atoms with Gasteiger partial charge in [0, 0.05) is 208 Å². The number of likely N-dealkylation sites (tertiary alicyclic amines) is 1. The zero-order chi connectivity index (χ0) is 72.3. The van der Waals surface area contributed by atoms with Gasteiger partial charge in [-0.05, 0) is 100 Å². The van der Waals surface area contributed by atoms with Crippen molar-refractivity contribution < 1.29 is 56.1 Å². The highest BCUT2D eigenvalue weighted by atomic mass is 32.2. The number of ether oxygens (including phenoxy) is 4. The predicted octanol–water partition coefficient (Wildman–Crippen LogP) is 2.88. The molecule has 3 fully saturated rings.